The number of nitrogens with one attached hydrogen (secondary N) is 1. The number of carbonyl (C=O) groups excluding carboxylic acids is 1. The SMILES string of the molecule is C[C@H](NC(=O)c1cc(Cl)ccc1OCc1ccc(F)c(F)c1)c1ccccc1C(=O)O. The number of amides is 1. The van der Waals surface area contributed by atoms with Crippen molar-refractivity contribution >= 4 is 23.5 Å². The van der Waals surface area contributed by atoms with Gasteiger partial charge in [0.1, 0.15) is 12.4 Å². The van der Waals surface area contributed by atoms with E-state index in [1.165, 1.54) is 30.3 Å². The molecule has 0 aromatic heterocycles. The number of carboxylic acids is 1. The van der Waals surface area contributed by atoms with Gasteiger partial charge in [0, 0.05) is 5.02 Å². The highest BCUT2D eigenvalue weighted by molar-refractivity contribution is 6.31. The Morgan fingerprint density at radius 1 is 1.03 bits per heavy atom. The van der Waals surface area contributed by atoms with Gasteiger partial charge in [0.05, 0.1) is 17.2 Å². The molecule has 0 saturated heterocycles. The van der Waals surface area contributed by atoms with Crippen LogP contribution in [-0.4, -0.2) is 17.0 Å². The summed E-state index contributed by atoms with van der Waals surface area (Å²) in [4.78, 5) is 24.3. The van der Waals surface area contributed by atoms with E-state index in [2.05, 4.69) is 5.32 Å². The van der Waals surface area contributed by atoms with E-state index >= 15 is 0 Å². The lowest BCUT2D eigenvalue weighted by molar-refractivity contribution is 0.0693. The van der Waals surface area contributed by atoms with Gasteiger partial charge >= 0.3 is 5.97 Å². The Kier molecular flexibility index (Phi) is 6.87. The zero-order valence-corrected chi connectivity index (χ0v) is 17.1. The van der Waals surface area contributed by atoms with Crippen LogP contribution in [0.15, 0.2) is 60.7 Å². The predicted molar refractivity (Wildman–Crippen MR) is 111 cm³/mol. The van der Waals surface area contributed by atoms with Crippen molar-refractivity contribution in [3.63, 3.8) is 0 Å². The van der Waals surface area contributed by atoms with Gasteiger partial charge in [-0.25, -0.2) is 13.6 Å². The molecule has 0 aliphatic heterocycles. The second kappa shape index (κ2) is 9.57. The summed E-state index contributed by atoms with van der Waals surface area (Å²) in [6.45, 7) is 1.56. The molecule has 2 N–H and O–H groups in total. The van der Waals surface area contributed by atoms with Crippen molar-refractivity contribution in [1.29, 1.82) is 0 Å². The number of aromatic carboxylic acids is 1. The Balaban J connectivity index is 1.80. The van der Waals surface area contributed by atoms with Crippen molar-refractivity contribution in [2.75, 3.05) is 0 Å². The molecule has 0 saturated carbocycles. The van der Waals surface area contributed by atoms with E-state index in [-0.39, 0.29) is 23.5 Å². The van der Waals surface area contributed by atoms with Crippen LogP contribution < -0.4 is 10.1 Å². The first kappa shape index (κ1) is 22.2. The molecule has 8 heteroatoms. The fourth-order valence-corrected chi connectivity index (χ4v) is 3.19. The first-order valence-electron chi connectivity index (χ1n) is 9.25. The topological polar surface area (TPSA) is 75.6 Å². The lowest BCUT2D eigenvalue weighted by Crippen LogP contribution is -2.28. The van der Waals surface area contributed by atoms with Crippen molar-refractivity contribution < 1.29 is 28.2 Å². The molecule has 5 nitrogen and oxygen atoms in total. The summed E-state index contributed by atoms with van der Waals surface area (Å²) in [5.74, 6) is -3.41. The lowest BCUT2D eigenvalue weighted by atomic mass is 10.0. The molecule has 0 bridgehead atoms. The highest BCUT2D eigenvalue weighted by atomic mass is 35.5. The van der Waals surface area contributed by atoms with E-state index in [4.69, 9.17) is 16.3 Å². The minimum atomic E-state index is -1.10. The quantitative estimate of drug-likeness (QED) is 0.511. The molecule has 1 amide bonds. The lowest BCUT2D eigenvalue weighted by Gasteiger charge is -2.18. The Morgan fingerprint density at radius 2 is 1.77 bits per heavy atom. The molecule has 3 aromatic carbocycles. The van der Waals surface area contributed by atoms with Crippen molar-refractivity contribution in [3.05, 3.63) is 99.6 Å². The summed E-state index contributed by atoms with van der Waals surface area (Å²) in [5.41, 5.74) is 1.02. The fraction of sp³-hybridized carbons (Fsp3) is 0.130. The second-order valence-corrected chi connectivity index (χ2v) is 7.20. The van der Waals surface area contributed by atoms with Crippen LogP contribution in [0.3, 0.4) is 0 Å². The minimum Gasteiger partial charge on any atom is -0.488 e. The Hall–Kier alpha value is -3.45. The summed E-state index contributed by atoms with van der Waals surface area (Å²) in [5, 5.41) is 12.4. The molecule has 0 radical (unpaired) electrons. The first-order valence-corrected chi connectivity index (χ1v) is 9.63. The molecule has 0 fully saturated rings. The summed E-state index contributed by atoms with van der Waals surface area (Å²) >= 11 is 6.03. The molecule has 160 valence electrons. The highest BCUT2D eigenvalue weighted by Crippen LogP contribution is 2.26. The van der Waals surface area contributed by atoms with E-state index < -0.39 is 29.6 Å². The van der Waals surface area contributed by atoms with E-state index in [1.54, 1.807) is 25.1 Å². The molecule has 0 aliphatic rings. The standard InChI is InChI=1S/C23H18ClF2NO4/c1-13(16-4-2-3-5-17(16)23(29)30)27-22(28)18-11-15(24)7-9-21(18)31-12-14-6-8-19(25)20(26)10-14/h2-11,13H,12H2,1H3,(H,27,28)(H,29,30)/t13-/m0/s1. The molecule has 0 unspecified atom stereocenters. The number of rotatable bonds is 7. The number of carboxylic acid groups (broad SMARTS) is 1. The Morgan fingerprint density at radius 3 is 2.48 bits per heavy atom. The maximum Gasteiger partial charge on any atom is 0.336 e. The van der Waals surface area contributed by atoms with Gasteiger partial charge < -0.3 is 15.2 Å². The summed E-state index contributed by atoms with van der Waals surface area (Å²) < 4.78 is 32.1. The van der Waals surface area contributed by atoms with Crippen molar-refractivity contribution in [2.24, 2.45) is 0 Å². The molecule has 3 rings (SSSR count). The molecule has 0 aliphatic carbocycles. The van der Waals surface area contributed by atoms with Gasteiger partial charge in [0.25, 0.3) is 5.91 Å². The van der Waals surface area contributed by atoms with E-state index in [0.717, 1.165) is 12.1 Å². The molecule has 1 atom stereocenters. The summed E-state index contributed by atoms with van der Waals surface area (Å²) in [6, 6.07) is 13.5. The Bertz CT molecular complexity index is 1140. The maximum absolute atomic E-state index is 13.4. The molecule has 0 spiro atoms. The zero-order valence-electron chi connectivity index (χ0n) is 16.4. The number of carbonyl (C=O) groups is 2. The highest BCUT2D eigenvalue weighted by Gasteiger charge is 2.20. The molecule has 3 aromatic rings. The molecular weight excluding hydrogens is 428 g/mol. The average Bonchev–Trinajstić information content (AvgIpc) is 2.75. The van der Waals surface area contributed by atoms with Crippen LogP contribution in [0, 0.1) is 11.6 Å². The number of benzene rings is 3. The third kappa shape index (κ3) is 5.38. The summed E-state index contributed by atoms with van der Waals surface area (Å²) in [7, 11) is 0. The molecule has 31 heavy (non-hydrogen) atoms. The monoisotopic (exact) mass is 445 g/mol. The van der Waals surface area contributed by atoms with E-state index in [9.17, 15) is 23.5 Å². The van der Waals surface area contributed by atoms with E-state index in [0.29, 0.717) is 16.1 Å². The smallest absolute Gasteiger partial charge is 0.336 e. The van der Waals surface area contributed by atoms with Crippen LogP contribution in [0.1, 0.15) is 44.8 Å². The summed E-state index contributed by atoms with van der Waals surface area (Å²) in [6.07, 6.45) is 0. The van der Waals surface area contributed by atoms with Gasteiger partial charge in [-0.1, -0.05) is 35.9 Å². The van der Waals surface area contributed by atoms with Crippen LogP contribution >= 0.6 is 11.6 Å². The fourth-order valence-electron chi connectivity index (χ4n) is 3.02. The number of hydrogen-bond donors (Lipinski definition) is 2. The number of ether oxygens (including phenoxy) is 1. The third-order valence-corrected chi connectivity index (χ3v) is 4.80. The zero-order chi connectivity index (χ0) is 22.5. The maximum atomic E-state index is 13.4. The second-order valence-electron chi connectivity index (χ2n) is 6.77. The van der Waals surface area contributed by atoms with Crippen LogP contribution in [0.2, 0.25) is 5.02 Å². The van der Waals surface area contributed by atoms with Crippen LogP contribution in [0.4, 0.5) is 8.78 Å². The van der Waals surface area contributed by atoms with Crippen LogP contribution in [0.25, 0.3) is 0 Å². The van der Waals surface area contributed by atoms with Gasteiger partial charge in [-0.05, 0) is 54.4 Å². The number of halogens is 3. The predicted octanol–water partition coefficient (Wildman–Crippen LogP) is 5.39. The van der Waals surface area contributed by atoms with Gasteiger partial charge in [-0.2, -0.15) is 0 Å². The third-order valence-electron chi connectivity index (χ3n) is 4.57. The van der Waals surface area contributed by atoms with Crippen LogP contribution in [-0.2, 0) is 6.61 Å². The average molecular weight is 446 g/mol. The van der Waals surface area contributed by atoms with Gasteiger partial charge in [0.15, 0.2) is 11.6 Å². The Labute approximate surface area is 182 Å². The van der Waals surface area contributed by atoms with Crippen LogP contribution in [0.5, 0.6) is 5.75 Å². The minimum absolute atomic E-state index is 0.0798. The first-order chi connectivity index (χ1) is 14.8. The van der Waals surface area contributed by atoms with Gasteiger partial charge in [-0.3, -0.25) is 4.79 Å². The van der Waals surface area contributed by atoms with Crippen molar-refractivity contribution in [1.82, 2.24) is 5.32 Å². The molecular formula is C23H18ClF2NO4. The van der Waals surface area contributed by atoms with E-state index in [1.807, 2.05) is 0 Å². The molecule has 0 heterocycles. The largest absolute Gasteiger partial charge is 0.488 e. The van der Waals surface area contributed by atoms with Crippen molar-refractivity contribution in [3.8, 4) is 5.75 Å². The van der Waals surface area contributed by atoms with Gasteiger partial charge in [0.2, 0.25) is 0 Å². The van der Waals surface area contributed by atoms with Crippen molar-refractivity contribution in [2.45, 2.75) is 19.6 Å². The normalized spacial score (nSPS) is 11.6. The van der Waals surface area contributed by atoms with Gasteiger partial charge in [-0.15, -0.1) is 0 Å². The number of hydrogen-bond acceptors (Lipinski definition) is 3.